The van der Waals surface area contributed by atoms with Crippen LogP contribution in [-0.4, -0.2) is 27.2 Å². The van der Waals surface area contributed by atoms with E-state index in [1.54, 1.807) is 17.5 Å². The van der Waals surface area contributed by atoms with E-state index < -0.39 is 0 Å². The zero-order valence-corrected chi connectivity index (χ0v) is 14.5. The monoisotopic (exact) mass is 342 g/mol. The van der Waals surface area contributed by atoms with Crippen LogP contribution in [-0.2, 0) is 17.8 Å². The van der Waals surface area contributed by atoms with Gasteiger partial charge in [0.25, 0.3) is 0 Å². The maximum absolute atomic E-state index is 11.8. The molecule has 6 heteroatoms. The highest BCUT2D eigenvalue weighted by Crippen LogP contribution is 2.22. The number of rotatable bonds is 9. The number of unbranched alkanes of at least 4 members (excludes halogenated alkanes) is 1. The van der Waals surface area contributed by atoms with Gasteiger partial charge in [-0.3, -0.25) is 9.48 Å². The highest BCUT2D eigenvalue weighted by Gasteiger charge is 2.04. The van der Waals surface area contributed by atoms with Crippen LogP contribution < -0.4 is 5.32 Å². The molecule has 0 radical (unpaired) electrons. The number of hydrogen-bond donors (Lipinski definition) is 1. The third kappa shape index (κ3) is 4.89. The lowest BCUT2D eigenvalue weighted by Crippen LogP contribution is -2.25. The van der Waals surface area contributed by atoms with Gasteiger partial charge >= 0.3 is 0 Å². The highest BCUT2D eigenvalue weighted by molar-refractivity contribution is 7.18. The average molecular weight is 342 g/mol. The highest BCUT2D eigenvalue weighted by atomic mass is 32.1. The number of benzene rings is 1. The average Bonchev–Trinajstić information content (AvgIpc) is 3.24. The van der Waals surface area contributed by atoms with Gasteiger partial charge in [-0.25, -0.2) is 4.98 Å². The van der Waals surface area contributed by atoms with Crippen molar-refractivity contribution in [1.29, 1.82) is 0 Å². The molecule has 1 amide bonds. The summed E-state index contributed by atoms with van der Waals surface area (Å²) in [6, 6.07) is 10.1. The third-order valence-corrected chi connectivity index (χ3v) is 4.92. The summed E-state index contributed by atoms with van der Waals surface area (Å²) in [6.07, 6.45) is 8.05. The summed E-state index contributed by atoms with van der Waals surface area (Å²) in [5.74, 6) is 0.139. The molecule has 0 bridgehead atoms. The second-order valence-corrected chi connectivity index (χ2v) is 6.87. The Kier molecular flexibility index (Phi) is 5.96. The number of para-hydroxylation sites is 1. The van der Waals surface area contributed by atoms with Gasteiger partial charge in [-0.15, -0.1) is 11.3 Å². The molecule has 1 N–H and O–H groups in total. The molecule has 2 heterocycles. The molecule has 24 heavy (non-hydrogen) atoms. The van der Waals surface area contributed by atoms with Crippen molar-refractivity contribution in [3.63, 3.8) is 0 Å². The normalized spacial score (nSPS) is 11.0. The van der Waals surface area contributed by atoms with Crippen LogP contribution in [0.15, 0.2) is 42.7 Å². The lowest BCUT2D eigenvalue weighted by atomic mass is 10.2. The molecule has 126 valence electrons. The smallest absolute Gasteiger partial charge is 0.219 e. The molecule has 3 rings (SSSR count). The Labute approximate surface area is 145 Å². The summed E-state index contributed by atoms with van der Waals surface area (Å²) < 4.78 is 3.12. The number of carbonyl (C=O) groups excluding carboxylic acids is 1. The molecule has 3 aromatic rings. The second-order valence-electron chi connectivity index (χ2n) is 5.76. The molecular weight excluding hydrogens is 320 g/mol. The predicted molar refractivity (Wildman–Crippen MR) is 97.0 cm³/mol. The van der Waals surface area contributed by atoms with Crippen LogP contribution in [0.3, 0.4) is 0 Å². The molecule has 2 aromatic heterocycles. The molecule has 0 aliphatic rings. The Morgan fingerprint density at radius 3 is 2.92 bits per heavy atom. The summed E-state index contributed by atoms with van der Waals surface area (Å²) in [5.41, 5.74) is 1.08. The molecular formula is C18H22N4OS. The van der Waals surface area contributed by atoms with Crippen LogP contribution in [0.5, 0.6) is 0 Å². The zero-order chi connectivity index (χ0) is 16.6. The van der Waals surface area contributed by atoms with Gasteiger partial charge < -0.3 is 5.32 Å². The first kappa shape index (κ1) is 16.6. The van der Waals surface area contributed by atoms with Crippen molar-refractivity contribution in [1.82, 2.24) is 20.1 Å². The van der Waals surface area contributed by atoms with Gasteiger partial charge in [0, 0.05) is 31.9 Å². The molecule has 0 saturated carbocycles. The van der Waals surface area contributed by atoms with Crippen molar-refractivity contribution in [2.75, 3.05) is 6.54 Å². The number of thiazole rings is 1. The fourth-order valence-electron chi connectivity index (χ4n) is 2.58. The topological polar surface area (TPSA) is 59.8 Å². The van der Waals surface area contributed by atoms with Crippen molar-refractivity contribution in [2.24, 2.45) is 0 Å². The summed E-state index contributed by atoms with van der Waals surface area (Å²) in [7, 11) is 0. The fourth-order valence-corrected chi connectivity index (χ4v) is 3.59. The first-order chi connectivity index (χ1) is 11.8. The van der Waals surface area contributed by atoms with Crippen LogP contribution in [0.4, 0.5) is 0 Å². The molecule has 0 spiro atoms. The number of aryl methyl sites for hydroxylation is 2. The molecule has 5 nitrogen and oxygen atoms in total. The fraction of sp³-hybridized carbons (Fsp3) is 0.389. The molecule has 0 atom stereocenters. The SMILES string of the molecule is O=C(CCCCc1nc2ccccc2s1)NCCCn1cccn1. The maximum atomic E-state index is 11.8. The Hall–Kier alpha value is -2.21. The summed E-state index contributed by atoms with van der Waals surface area (Å²) in [6.45, 7) is 1.54. The van der Waals surface area contributed by atoms with Crippen molar-refractivity contribution in [3.05, 3.63) is 47.7 Å². The number of hydrogen-bond acceptors (Lipinski definition) is 4. The minimum Gasteiger partial charge on any atom is -0.356 e. The molecule has 0 fully saturated rings. The van der Waals surface area contributed by atoms with E-state index >= 15 is 0 Å². The van der Waals surface area contributed by atoms with E-state index in [0.29, 0.717) is 13.0 Å². The van der Waals surface area contributed by atoms with E-state index in [0.717, 1.165) is 42.8 Å². The van der Waals surface area contributed by atoms with Crippen LogP contribution in [0.1, 0.15) is 30.7 Å². The molecule has 0 unspecified atom stereocenters. The first-order valence-corrected chi connectivity index (χ1v) is 9.21. The third-order valence-electron chi connectivity index (χ3n) is 3.83. The Morgan fingerprint density at radius 2 is 2.08 bits per heavy atom. The van der Waals surface area contributed by atoms with Gasteiger partial charge in [0.05, 0.1) is 15.2 Å². The summed E-state index contributed by atoms with van der Waals surface area (Å²) in [5, 5.41) is 8.27. The van der Waals surface area contributed by atoms with Gasteiger partial charge in [0.2, 0.25) is 5.91 Å². The van der Waals surface area contributed by atoms with Crippen molar-refractivity contribution in [3.8, 4) is 0 Å². The zero-order valence-electron chi connectivity index (χ0n) is 13.6. The van der Waals surface area contributed by atoms with Crippen LogP contribution in [0.25, 0.3) is 10.2 Å². The van der Waals surface area contributed by atoms with E-state index in [4.69, 9.17) is 0 Å². The molecule has 0 aliphatic heterocycles. The second kappa shape index (κ2) is 8.59. The van der Waals surface area contributed by atoms with Gasteiger partial charge in [-0.2, -0.15) is 5.10 Å². The van der Waals surface area contributed by atoms with Crippen LogP contribution in [0.2, 0.25) is 0 Å². The molecule has 0 saturated heterocycles. The van der Waals surface area contributed by atoms with Gasteiger partial charge in [0.1, 0.15) is 0 Å². The minimum absolute atomic E-state index is 0.139. The standard InChI is InChI=1S/C18H22N4OS/c23-17(19-11-5-13-22-14-6-12-20-22)9-3-4-10-18-21-15-7-1-2-8-16(15)24-18/h1-2,6-8,12,14H,3-5,9-11,13H2,(H,19,23). The number of carbonyl (C=O) groups is 1. The van der Waals surface area contributed by atoms with E-state index in [1.807, 2.05) is 35.1 Å². The molecule has 1 aromatic carbocycles. The lowest BCUT2D eigenvalue weighted by Gasteiger charge is -2.05. The predicted octanol–water partition coefficient (Wildman–Crippen LogP) is 3.41. The number of amides is 1. The van der Waals surface area contributed by atoms with Gasteiger partial charge in [-0.1, -0.05) is 12.1 Å². The van der Waals surface area contributed by atoms with Crippen LogP contribution in [0, 0.1) is 0 Å². The number of fused-ring (bicyclic) bond motifs is 1. The summed E-state index contributed by atoms with van der Waals surface area (Å²) in [4.78, 5) is 16.4. The van der Waals surface area contributed by atoms with E-state index in [9.17, 15) is 4.79 Å². The Balaban J connectivity index is 1.28. The Bertz CT molecular complexity index is 733. The maximum Gasteiger partial charge on any atom is 0.219 e. The minimum atomic E-state index is 0.139. The largest absolute Gasteiger partial charge is 0.356 e. The van der Waals surface area contributed by atoms with Crippen LogP contribution >= 0.6 is 11.3 Å². The lowest BCUT2D eigenvalue weighted by molar-refractivity contribution is -0.121. The number of nitrogens with one attached hydrogen (secondary N) is 1. The number of nitrogens with zero attached hydrogens (tertiary/aromatic N) is 3. The quantitative estimate of drug-likeness (QED) is 0.606. The van der Waals surface area contributed by atoms with E-state index in [1.165, 1.54) is 4.70 Å². The van der Waals surface area contributed by atoms with Gasteiger partial charge in [0.15, 0.2) is 0 Å². The first-order valence-electron chi connectivity index (χ1n) is 8.40. The molecule has 0 aliphatic carbocycles. The van der Waals surface area contributed by atoms with Crippen molar-refractivity contribution in [2.45, 2.75) is 38.6 Å². The number of aromatic nitrogens is 3. The van der Waals surface area contributed by atoms with Crippen molar-refractivity contribution < 1.29 is 4.79 Å². The van der Waals surface area contributed by atoms with E-state index in [2.05, 4.69) is 21.5 Å². The Morgan fingerprint density at radius 1 is 1.17 bits per heavy atom. The summed E-state index contributed by atoms with van der Waals surface area (Å²) >= 11 is 1.75. The van der Waals surface area contributed by atoms with E-state index in [-0.39, 0.29) is 5.91 Å². The van der Waals surface area contributed by atoms with Crippen molar-refractivity contribution >= 4 is 27.5 Å². The van der Waals surface area contributed by atoms with Gasteiger partial charge in [-0.05, 0) is 43.9 Å².